The standard InChI is InChI=1S/C18H21N3O5/c1-11-19-16(21-26-11)10-25-15-8-6-14(7-9-15)20-17(22)12-2-4-13(5-3-12)18(23)24/h6-9,12-13H,2-5,10H2,1H3,(H,20,22)(H,23,24). The van der Waals surface area contributed by atoms with Crippen LogP contribution in [0.5, 0.6) is 5.75 Å². The molecule has 0 atom stereocenters. The van der Waals surface area contributed by atoms with Crippen LogP contribution in [0.3, 0.4) is 0 Å². The first kappa shape index (κ1) is 17.9. The molecule has 0 aliphatic heterocycles. The molecular formula is C18H21N3O5. The molecule has 26 heavy (non-hydrogen) atoms. The van der Waals surface area contributed by atoms with Gasteiger partial charge in [0.1, 0.15) is 5.75 Å². The zero-order chi connectivity index (χ0) is 18.5. The fourth-order valence-corrected chi connectivity index (χ4v) is 3.03. The Morgan fingerprint density at radius 3 is 2.42 bits per heavy atom. The lowest BCUT2D eigenvalue weighted by atomic mass is 9.81. The number of ether oxygens (including phenoxy) is 1. The number of aryl methyl sites for hydroxylation is 1. The van der Waals surface area contributed by atoms with Crippen molar-refractivity contribution in [1.82, 2.24) is 10.1 Å². The molecule has 8 nitrogen and oxygen atoms in total. The molecule has 3 rings (SSSR count). The molecule has 1 heterocycles. The van der Waals surface area contributed by atoms with Crippen molar-refractivity contribution < 1.29 is 24.0 Å². The summed E-state index contributed by atoms with van der Waals surface area (Å²) < 4.78 is 10.4. The van der Waals surface area contributed by atoms with Crippen LogP contribution in [0.2, 0.25) is 0 Å². The molecule has 1 amide bonds. The van der Waals surface area contributed by atoms with Gasteiger partial charge in [-0.3, -0.25) is 9.59 Å². The maximum absolute atomic E-state index is 12.3. The van der Waals surface area contributed by atoms with E-state index in [0.29, 0.717) is 48.8 Å². The van der Waals surface area contributed by atoms with E-state index in [4.69, 9.17) is 14.4 Å². The third-order valence-electron chi connectivity index (χ3n) is 4.51. The number of anilines is 1. The summed E-state index contributed by atoms with van der Waals surface area (Å²) in [6.45, 7) is 1.91. The summed E-state index contributed by atoms with van der Waals surface area (Å²) in [4.78, 5) is 27.4. The van der Waals surface area contributed by atoms with E-state index < -0.39 is 5.97 Å². The highest BCUT2D eigenvalue weighted by Crippen LogP contribution is 2.30. The fraction of sp³-hybridized carbons (Fsp3) is 0.444. The lowest BCUT2D eigenvalue weighted by Crippen LogP contribution is -2.29. The molecule has 1 aromatic heterocycles. The van der Waals surface area contributed by atoms with Crippen LogP contribution in [0.15, 0.2) is 28.8 Å². The number of nitrogens with one attached hydrogen (secondary N) is 1. The minimum absolute atomic E-state index is 0.0650. The molecule has 0 radical (unpaired) electrons. The number of aliphatic carboxylic acids is 1. The summed E-state index contributed by atoms with van der Waals surface area (Å²) >= 11 is 0. The number of hydrogen-bond donors (Lipinski definition) is 2. The van der Waals surface area contributed by atoms with Crippen molar-refractivity contribution >= 4 is 17.6 Å². The van der Waals surface area contributed by atoms with Crippen LogP contribution in [0.4, 0.5) is 5.69 Å². The van der Waals surface area contributed by atoms with Crippen LogP contribution < -0.4 is 10.1 Å². The SMILES string of the molecule is Cc1nc(COc2ccc(NC(=O)C3CCC(C(=O)O)CC3)cc2)no1. The van der Waals surface area contributed by atoms with Crippen molar-refractivity contribution in [3.8, 4) is 5.75 Å². The van der Waals surface area contributed by atoms with E-state index in [0.717, 1.165) is 0 Å². The number of carbonyl (C=O) groups is 2. The van der Waals surface area contributed by atoms with Crippen LogP contribution in [-0.2, 0) is 16.2 Å². The largest absolute Gasteiger partial charge is 0.485 e. The summed E-state index contributed by atoms with van der Waals surface area (Å²) in [5, 5.41) is 15.6. The second-order valence-corrected chi connectivity index (χ2v) is 6.42. The Bertz CT molecular complexity index is 763. The second kappa shape index (κ2) is 7.99. The summed E-state index contributed by atoms with van der Waals surface area (Å²) in [5.41, 5.74) is 0.679. The topological polar surface area (TPSA) is 115 Å². The Labute approximate surface area is 150 Å². The van der Waals surface area contributed by atoms with Crippen LogP contribution in [0, 0.1) is 18.8 Å². The van der Waals surface area contributed by atoms with Gasteiger partial charge in [0, 0.05) is 18.5 Å². The second-order valence-electron chi connectivity index (χ2n) is 6.42. The van der Waals surface area contributed by atoms with Crippen molar-refractivity contribution in [1.29, 1.82) is 0 Å². The minimum Gasteiger partial charge on any atom is -0.485 e. The molecule has 8 heteroatoms. The molecule has 1 saturated carbocycles. The van der Waals surface area contributed by atoms with E-state index in [2.05, 4.69) is 15.5 Å². The number of carbonyl (C=O) groups excluding carboxylic acids is 1. The third-order valence-corrected chi connectivity index (χ3v) is 4.51. The van der Waals surface area contributed by atoms with Gasteiger partial charge in [0.15, 0.2) is 6.61 Å². The molecule has 0 unspecified atom stereocenters. The monoisotopic (exact) mass is 359 g/mol. The van der Waals surface area contributed by atoms with Gasteiger partial charge in [-0.2, -0.15) is 4.98 Å². The Morgan fingerprint density at radius 1 is 1.19 bits per heavy atom. The first-order valence-corrected chi connectivity index (χ1v) is 8.57. The van der Waals surface area contributed by atoms with Gasteiger partial charge in [0.25, 0.3) is 0 Å². The lowest BCUT2D eigenvalue weighted by molar-refractivity contribution is -0.143. The smallest absolute Gasteiger partial charge is 0.306 e. The van der Waals surface area contributed by atoms with Crippen LogP contribution in [0.1, 0.15) is 37.4 Å². The van der Waals surface area contributed by atoms with Gasteiger partial charge in [0.2, 0.25) is 17.6 Å². The van der Waals surface area contributed by atoms with Gasteiger partial charge in [-0.15, -0.1) is 0 Å². The van der Waals surface area contributed by atoms with E-state index in [-0.39, 0.29) is 24.3 Å². The van der Waals surface area contributed by atoms with Gasteiger partial charge >= 0.3 is 5.97 Å². The molecule has 138 valence electrons. The zero-order valence-corrected chi connectivity index (χ0v) is 14.5. The van der Waals surface area contributed by atoms with Crippen molar-refractivity contribution in [2.75, 3.05) is 5.32 Å². The molecule has 0 saturated heterocycles. The third kappa shape index (κ3) is 4.59. The predicted octanol–water partition coefficient (Wildman–Crippen LogP) is 2.79. The number of nitrogens with zero attached hydrogens (tertiary/aromatic N) is 2. The summed E-state index contributed by atoms with van der Waals surface area (Å²) in [7, 11) is 0. The van der Waals surface area contributed by atoms with E-state index in [1.807, 2.05) is 0 Å². The van der Waals surface area contributed by atoms with Gasteiger partial charge in [-0.05, 0) is 49.9 Å². The van der Waals surface area contributed by atoms with E-state index in [1.165, 1.54) is 0 Å². The lowest BCUT2D eigenvalue weighted by Gasteiger charge is -2.25. The Hall–Kier alpha value is -2.90. The summed E-state index contributed by atoms with van der Waals surface area (Å²) in [6.07, 6.45) is 2.31. The number of hydrogen-bond acceptors (Lipinski definition) is 6. The Kier molecular flexibility index (Phi) is 5.50. The van der Waals surface area contributed by atoms with Crippen LogP contribution in [-0.4, -0.2) is 27.1 Å². The molecule has 1 aliphatic rings. The molecule has 1 aliphatic carbocycles. The molecule has 1 aromatic carbocycles. The van der Waals surface area contributed by atoms with Crippen LogP contribution >= 0.6 is 0 Å². The van der Waals surface area contributed by atoms with E-state index in [1.54, 1.807) is 31.2 Å². The quantitative estimate of drug-likeness (QED) is 0.815. The van der Waals surface area contributed by atoms with Crippen molar-refractivity contribution in [3.63, 3.8) is 0 Å². The minimum atomic E-state index is -0.768. The van der Waals surface area contributed by atoms with Gasteiger partial charge in [-0.1, -0.05) is 5.16 Å². The zero-order valence-electron chi connectivity index (χ0n) is 14.5. The number of carboxylic acids is 1. The highest BCUT2D eigenvalue weighted by atomic mass is 16.5. The van der Waals surface area contributed by atoms with E-state index >= 15 is 0 Å². The number of aromatic nitrogens is 2. The first-order valence-electron chi connectivity index (χ1n) is 8.57. The summed E-state index contributed by atoms with van der Waals surface area (Å²) in [6, 6.07) is 7.03. The molecule has 0 bridgehead atoms. The maximum atomic E-state index is 12.3. The van der Waals surface area contributed by atoms with Gasteiger partial charge in [0.05, 0.1) is 5.92 Å². The van der Waals surface area contributed by atoms with Crippen molar-refractivity contribution in [2.45, 2.75) is 39.2 Å². The molecule has 2 aromatic rings. The fourth-order valence-electron chi connectivity index (χ4n) is 3.03. The number of carboxylic acid groups (broad SMARTS) is 1. The first-order chi connectivity index (χ1) is 12.5. The Morgan fingerprint density at radius 2 is 1.85 bits per heavy atom. The van der Waals surface area contributed by atoms with Crippen LogP contribution in [0.25, 0.3) is 0 Å². The number of rotatable bonds is 6. The summed E-state index contributed by atoms with van der Waals surface area (Å²) in [5.74, 6) is 0.296. The highest BCUT2D eigenvalue weighted by Gasteiger charge is 2.29. The van der Waals surface area contributed by atoms with Crippen molar-refractivity contribution in [3.05, 3.63) is 36.0 Å². The normalized spacial score (nSPS) is 19.7. The number of benzene rings is 1. The molecule has 1 fully saturated rings. The van der Waals surface area contributed by atoms with Crippen molar-refractivity contribution in [2.24, 2.45) is 11.8 Å². The van der Waals surface area contributed by atoms with Gasteiger partial charge < -0.3 is 19.7 Å². The maximum Gasteiger partial charge on any atom is 0.306 e. The average molecular weight is 359 g/mol. The number of amides is 1. The van der Waals surface area contributed by atoms with Gasteiger partial charge in [-0.25, -0.2) is 0 Å². The molecule has 0 spiro atoms. The predicted molar refractivity (Wildman–Crippen MR) is 91.5 cm³/mol. The highest BCUT2D eigenvalue weighted by molar-refractivity contribution is 5.92. The molecule has 2 N–H and O–H groups in total. The Balaban J connectivity index is 1.48. The van der Waals surface area contributed by atoms with E-state index in [9.17, 15) is 9.59 Å². The molecular weight excluding hydrogens is 338 g/mol. The average Bonchev–Trinajstić information content (AvgIpc) is 3.06.